The molecule has 0 unspecified atom stereocenters. The van der Waals surface area contributed by atoms with Crippen LogP contribution < -0.4 is 14.8 Å². The summed E-state index contributed by atoms with van der Waals surface area (Å²) in [5.74, 6) is 0.355. The molecule has 3 rings (SSSR count). The van der Waals surface area contributed by atoms with Gasteiger partial charge in [-0.25, -0.2) is 0 Å². The smallest absolute Gasteiger partial charge is 0.278 e. The van der Waals surface area contributed by atoms with Crippen LogP contribution in [0, 0.1) is 13.8 Å². The third-order valence-electron chi connectivity index (χ3n) is 4.93. The molecule has 150 valence electrons. The van der Waals surface area contributed by atoms with Crippen LogP contribution in [0.15, 0.2) is 54.8 Å². The molecule has 6 nitrogen and oxygen atoms in total. The second-order valence-corrected chi connectivity index (χ2v) is 6.75. The topological polar surface area (TPSA) is 67.9 Å². The third-order valence-corrected chi connectivity index (χ3v) is 4.93. The second-order valence-electron chi connectivity index (χ2n) is 6.75. The van der Waals surface area contributed by atoms with Crippen molar-refractivity contribution in [2.75, 3.05) is 26.1 Å². The predicted octanol–water partition coefficient (Wildman–Crippen LogP) is 3.70. The normalized spacial score (nSPS) is 13.7. The summed E-state index contributed by atoms with van der Waals surface area (Å²) in [6.07, 6.45) is 1.53. The molecule has 2 amide bonds. The number of hydrogen-bond donors (Lipinski definition) is 1. The fourth-order valence-corrected chi connectivity index (χ4v) is 3.21. The first kappa shape index (κ1) is 20.2. The van der Waals surface area contributed by atoms with Gasteiger partial charge in [0.1, 0.15) is 5.70 Å². The lowest BCUT2D eigenvalue weighted by atomic mass is 9.99. The number of carbonyl (C=O) groups excluding carboxylic acids is 2. The van der Waals surface area contributed by atoms with Crippen molar-refractivity contribution in [3.05, 3.63) is 71.4 Å². The van der Waals surface area contributed by atoms with E-state index in [0.717, 1.165) is 11.1 Å². The molecule has 0 aliphatic carbocycles. The van der Waals surface area contributed by atoms with E-state index in [9.17, 15) is 9.59 Å². The van der Waals surface area contributed by atoms with Crippen LogP contribution in [0.4, 0.5) is 5.69 Å². The van der Waals surface area contributed by atoms with E-state index in [2.05, 4.69) is 11.9 Å². The molecule has 1 aliphatic heterocycles. The lowest BCUT2D eigenvalue weighted by Gasteiger charge is -2.13. The van der Waals surface area contributed by atoms with Crippen molar-refractivity contribution >= 4 is 23.1 Å². The Bertz CT molecular complexity index is 1020. The van der Waals surface area contributed by atoms with E-state index < -0.39 is 5.91 Å². The number of hydrogen-bond acceptors (Lipinski definition) is 5. The highest BCUT2D eigenvalue weighted by Crippen LogP contribution is 2.34. The molecule has 0 aromatic heterocycles. The van der Waals surface area contributed by atoms with Crippen molar-refractivity contribution in [3.8, 4) is 11.5 Å². The maximum atomic E-state index is 13.0. The summed E-state index contributed by atoms with van der Waals surface area (Å²) in [5, 5.41) is 3.12. The fourth-order valence-electron chi connectivity index (χ4n) is 3.21. The lowest BCUT2D eigenvalue weighted by Crippen LogP contribution is -2.32. The number of amides is 2. The Kier molecular flexibility index (Phi) is 5.73. The number of imide groups is 1. The average Bonchev–Trinajstić information content (AvgIpc) is 2.94. The van der Waals surface area contributed by atoms with Crippen molar-refractivity contribution in [2.45, 2.75) is 13.8 Å². The minimum Gasteiger partial charge on any atom is -0.493 e. The highest BCUT2D eigenvalue weighted by molar-refractivity contribution is 6.36. The molecule has 0 atom stereocenters. The number of nitrogens with zero attached hydrogens (tertiary/aromatic N) is 1. The number of ether oxygens (including phenoxy) is 2. The van der Waals surface area contributed by atoms with Crippen LogP contribution in [0.3, 0.4) is 0 Å². The molecular weight excluding hydrogens is 368 g/mol. The predicted molar refractivity (Wildman–Crippen MR) is 113 cm³/mol. The van der Waals surface area contributed by atoms with Gasteiger partial charge in [0.25, 0.3) is 11.8 Å². The Balaban J connectivity index is 2.10. The van der Waals surface area contributed by atoms with Crippen molar-refractivity contribution in [1.82, 2.24) is 4.90 Å². The van der Waals surface area contributed by atoms with E-state index in [0.29, 0.717) is 28.3 Å². The van der Waals surface area contributed by atoms with Gasteiger partial charge in [-0.2, -0.15) is 0 Å². The van der Waals surface area contributed by atoms with E-state index in [4.69, 9.17) is 9.47 Å². The number of carbonyl (C=O) groups is 2. The summed E-state index contributed by atoms with van der Waals surface area (Å²) in [6.45, 7) is 7.77. The summed E-state index contributed by atoms with van der Waals surface area (Å²) in [7, 11) is 3.09. The van der Waals surface area contributed by atoms with Gasteiger partial charge in [-0.15, -0.1) is 6.58 Å². The van der Waals surface area contributed by atoms with E-state index in [1.165, 1.54) is 18.1 Å². The number of aryl methyl sites for hydroxylation is 2. The Morgan fingerprint density at radius 1 is 0.966 bits per heavy atom. The number of nitrogens with one attached hydrogen (secondary N) is 1. The molecule has 0 bridgehead atoms. The zero-order valence-corrected chi connectivity index (χ0v) is 17.0. The molecule has 2 aromatic carbocycles. The molecule has 0 fully saturated rings. The van der Waals surface area contributed by atoms with Gasteiger partial charge in [-0.05, 0) is 42.7 Å². The summed E-state index contributed by atoms with van der Waals surface area (Å²) in [4.78, 5) is 27.2. The van der Waals surface area contributed by atoms with Crippen molar-refractivity contribution in [3.63, 3.8) is 0 Å². The minimum absolute atomic E-state index is 0.142. The van der Waals surface area contributed by atoms with Gasteiger partial charge in [0.15, 0.2) is 11.5 Å². The van der Waals surface area contributed by atoms with Gasteiger partial charge in [-0.3, -0.25) is 14.5 Å². The average molecular weight is 392 g/mol. The highest BCUT2D eigenvalue weighted by Gasteiger charge is 2.38. The molecule has 6 heteroatoms. The maximum Gasteiger partial charge on any atom is 0.278 e. The van der Waals surface area contributed by atoms with Gasteiger partial charge >= 0.3 is 0 Å². The van der Waals surface area contributed by atoms with Crippen LogP contribution in [0.1, 0.15) is 16.7 Å². The lowest BCUT2D eigenvalue weighted by molar-refractivity contribution is -0.136. The molecule has 1 N–H and O–H groups in total. The minimum atomic E-state index is -0.391. The molecule has 0 spiro atoms. The summed E-state index contributed by atoms with van der Waals surface area (Å²) < 4.78 is 10.6. The Morgan fingerprint density at radius 2 is 1.69 bits per heavy atom. The number of anilines is 1. The molecule has 1 heterocycles. The second kappa shape index (κ2) is 8.22. The molecule has 1 aliphatic rings. The molecule has 2 aromatic rings. The maximum absolute atomic E-state index is 13.0. The van der Waals surface area contributed by atoms with Crippen molar-refractivity contribution in [1.29, 1.82) is 0 Å². The highest BCUT2D eigenvalue weighted by atomic mass is 16.5. The Labute approximate surface area is 170 Å². The molecular formula is C23H24N2O4. The van der Waals surface area contributed by atoms with E-state index in [-0.39, 0.29) is 18.1 Å². The zero-order valence-electron chi connectivity index (χ0n) is 17.0. The quantitative estimate of drug-likeness (QED) is 0.575. The van der Waals surface area contributed by atoms with Gasteiger partial charge in [0.05, 0.1) is 19.8 Å². The first-order valence-electron chi connectivity index (χ1n) is 9.19. The summed E-state index contributed by atoms with van der Waals surface area (Å²) in [5.41, 5.74) is 4.04. The third kappa shape index (κ3) is 3.74. The van der Waals surface area contributed by atoms with Crippen LogP contribution in [0.5, 0.6) is 11.5 Å². The SMILES string of the molecule is C=CCN1C(=O)C(Nc2ccc(OC)c(OC)c2)=C(c2ccc(C)c(C)c2)C1=O. The van der Waals surface area contributed by atoms with Gasteiger partial charge in [-0.1, -0.05) is 24.3 Å². The fraction of sp³-hybridized carbons (Fsp3) is 0.217. The molecule has 0 saturated heterocycles. The summed E-state index contributed by atoms with van der Waals surface area (Å²) >= 11 is 0. The number of rotatable bonds is 7. The van der Waals surface area contributed by atoms with Crippen LogP contribution in [-0.2, 0) is 9.59 Å². The summed E-state index contributed by atoms with van der Waals surface area (Å²) in [6, 6.07) is 10.9. The van der Waals surface area contributed by atoms with Crippen LogP contribution >= 0.6 is 0 Å². The van der Waals surface area contributed by atoms with Crippen LogP contribution in [0.2, 0.25) is 0 Å². The van der Waals surface area contributed by atoms with E-state index in [1.807, 2.05) is 32.0 Å². The van der Waals surface area contributed by atoms with Crippen LogP contribution in [0.25, 0.3) is 5.57 Å². The van der Waals surface area contributed by atoms with Crippen LogP contribution in [-0.4, -0.2) is 37.5 Å². The number of methoxy groups -OCH3 is 2. The molecule has 0 saturated carbocycles. The monoisotopic (exact) mass is 392 g/mol. The van der Waals surface area contributed by atoms with Gasteiger partial charge < -0.3 is 14.8 Å². The van der Waals surface area contributed by atoms with E-state index >= 15 is 0 Å². The zero-order chi connectivity index (χ0) is 21.1. The Hall–Kier alpha value is -3.54. The van der Waals surface area contributed by atoms with Crippen molar-refractivity contribution < 1.29 is 19.1 Å². The number of benzene rings is 2. The van der Waals surface area contributed by atoms with E-state index in [1.54, 1.807) is 25.3 Å². The first-order valence-corrected chi connectivity index (χ1v) is 9.19. The Morgan fingerprint density at radius 3 is 2.31 bits per heavy atom. The van der Waals surface area contributed by atoms with Gasteiger partial charge in [0, 0.05) is 18.3 Å². The molecule has 0 radical (unpaired) electrons. The standard InChI is InChI=1S/C23H24N2O4/c1-6-11-25-22(26)20(16-8-7-14(2)15(3)12-16)21(23(25)27)24-17-9-10-18(28-4)19(13-17)29-5/h6-10,12-13,24H,1,11H2,2-5H3. The largest absolute Gasteiger partial charge is 0.493 e. The van der Waals surface area contributed by atoms with Gasteiger partial charge in [0.2, 0.25) is 0 Å². The first-order chi connectivity index (χ1) is 13.9. The molecule has 29 heavy (non-hydrogen) atoms. The van der Waals surface area contributed by atoms with Crippen molar-refractivity contribution in [2.24, 2.45) is 0 Å².